The number of carbonyl (C=O) groups excluding carboxylic acids is 2. The summed E-state index contributed by atoms with van der Waals surface area (Å²) in [5.41, 5.74) is 0. The van der Waals surface area contributed by atoms with E-state index in [4.69, 9.17) is 0 Å². The van der Waals surface area contributed by atoms with Gasteiger partial charge in [0.2, 0.25) is 11.8 Å². The lowest BCUT2D eigenvalue weighted by Gasteiger charge is -2.21. The first-order valence-electron chi connectivity index (χ1n) is 6.59. The molecule has 1 rings (SSSR count). The first kappa shape index (κ1) is 14.0. The van der Waals surface area contributed by atoms with E-state index in [1.165, 1.54) is 0 Å². The Kier molecular flexibility index (Phi) is 4.97. The fraction of sp³-hybridized carbons (Fsp3) is 0.846. The van der Waals surface area contributed by atoms with Crippen LogP contribution in [0.5, 0.6) is 0 Å². The fourth-order valence-electron chi connectivity index (χ4n) is 2.22. The number of hydrogen-bond acceptors (Lipinski definition) is 2. The van der Waals surface area contributed by atoms with E-state index in [2.05, 4.69) is 19.2 Å². The average molecular weight is 240 g/mol. The van der Waals surface area contributed by atoms with Crippen molar-refractivity contribution in [1.82, 2.24) is 10.2 Å². The van der Waals surface area contributed by atoms with Crippen molar-refractivity contribution in [3.05, 3.63) is 0 Å². The van der Waals surface area contributed by atoms with Crippen LogP contribution in [-0.4, -0.2) is 35.3 Å². The smallest absolute Gasteiger partial charge is 0.225 e. The first-order valence-corrected chi connectivity index (χ1v) is 6.59. The summed E-state index contributed by atoms with van der Waals surface area (Å²) in [4.78, 5) is 25.5. The maximum Gasteiger partial charge on any atom is 0.225 e. The van der Waals surface area contributed by atoms with Crippen LogP contribution in [0.3, 0.4) is 0 Å². The number of hydrogen-bond donors (Lipinski definition) is 1. The summed E-state index contributed by atoms with van der Waals surface area (Å²) in [6.45, 7) is 8.67. The number of rotatable bonds is 5. The third-order valence-electron chi connectivity index (χ3n) is 3.48. The van der Waals surface area contributed by atoms with Crippen LogP contribution in [0.25, 0.3) is 0 Å². The van der Waals surface area contributed by atoms with Gasteiger partial charge in [-0.15, -0.1) is 0 Å². The van der Waals surface area contributed by atoms with Crippen LogP contribution in [0, 0.1) is 5.92 Å². The van der Waals surface area contributed by atoms with Crippen molar-refractivity contribution in [3.8, 4) is 0 Å². The summed E-state index contributed by atoms with van der Waals surface area (Å²) < 4.78 is 0. The van der Waals surface area contributed by atoms with Crippen LogP contribution in [-0.2, 0) is 9.59 Å². The topological polar surface area (TPSA) is 49.4 Å². The molecular weight excluding hydrogens is 216 g/mol. The molecule has 0 radical (unpaired) electrons. The largest absolute Gasteiger partial charge is 0.353 e. The van der Waals surface area contributed by atoms with Gasteiger partial charge in [-0.2, -0.15) is 0 Å². The highest BCUT2D eigenvalue weighted by Crippen LogP contribution is 2.20. The second-order valence-corrected chi connectivity index (χ2v) is 5.06. The van der Waals surface area contributed by atoms with Crippen LogP contribution >= 0.6 is 0 Å². The fourth-order valence-corrected chi connectivity index (χ4v) is 2.22. The van der Waals surface area contributed by atoms with Crippen LogP contribution < -0.4 is 5.32 Å². The predicted molar refractivity (Wildman–Crippen MR) is 67.5 cm³/mol. The Labute approximate surface area is 104 Å². The van der Waals surface area contributed by atoms with E-state index in [1.54, 1.807) is 4.90 Å². The van der Waals surface area contributed by atoms with Gasteiger partial charge in [-0.1, -0.05) is 13.8 Å². The number of nitrogens with zero attached hydrogens (tertiary/aromatic N) is 1. The maximum absolute atomic E-state index is 12.0. The molecule has 1 N–H and O–H groups in total. The van der Waals surface area contributed by atoms with Crippen molar-refractivity contribution in [2.45, 2.75) is 59.0 Å². The van der Waals surface area contributed by atoms with Gasteiger partial charge in [-0.05, 0) is 26.7 Å². The second kappa shape index (κ2) is 6.03. The Morgan fingerprint density at radius 2 is 2.00 bits per heavy atom. The number of nitrogens with one attached hydrogen (secondary N) is 1. The Morgan fingerprint density at radius 3 is 2.41 bits per heavy atom. The third kappa shape index (κ3) is 3.45. The van der Waals surface area contributed by atoms with Crippen molar-refractivity contribution in [3.63, 3.8) is 0 Å². The molecule has 0 unspecified atom stereocenters. The molecule has 0 aromatic heterocycles. The number of carbonyl (C=O) groups is 2. The minimum atomic E-state index is -0.162. The van der Waals surface area contributed by atoms with Crippen molar-refractivity contribution in [1.29, 1.82) is 0 Å². The van der Waals surface area contributed by atoms with Gasteiger partial charge < -0.3 is 10.2 Å². The Bertz CT molecular complexity index is 285. The standard InChI is InChI=1S/C13H24N2O2/c1-5-11(6-2)14-13(17)10-7-12(16)15(8-10)9(3)4/h9-11H,5-8H2,1-4H3,(H,14,17)/t10-/m0/s1. The van der Waals surface area contributed by atoms with E-state index < -0.39 is 0 Å². The van der Waals surface area contributed by atoms with Crippen molar-refractivity contribution >= 4 is 11.8 Å². The highest BCUT2D eigenvalue weighted by atomic mass is 16.2. The predicted octanol–water partition coefficient (Wildman–Crippen LogP) is 1.55. The molecule has 0 aromatic carbocycles. The minimum Gasteiger partial charge on any atom is -0.353 e. The molecule has 4 heteroatoms. The van der Waals surface area contributed by atoms with Gasteiger partial charge in [0, 0.05) is 25.0 Å². The summed E-state index contributed by atoms with van der Waals surface area (Å²) in [6.07, 6.45) is 2.25. The highest BCUT2D eigenvalue weighted by Gasteiger charge is 2.35. The molecule has 1 fully saturated rings. The van der Waals surface area contributed by atoms with E-state index in [1.807, 2.05) is 13.8 Å². The lowest BCUT2D eigenvalue weighted by Crippen LogP contribution is -2.40. The van der Waals surface area contributed by atoms with Gasteiger partial charge >= 0.3 is 0 Å². The zero-order valence-electron chi connectivity index (χ0n) is 11.3. The van der Waals surface area contributed by atoms with Crippen LogP contribution in [0.1, 0.15) is 47.0 Å². The number of likely N-dealkylation sites (tertiary alicyclic amines) is 1. The Hall–Kier alpha value is -1.06. The van der Waals surface area contributed by atoms with E-state index >= 15 is 0 Å². The van der Waals surface area contributed by atoms with Gasteiger partial charge in [-0.3, -0.25) is 9.59 Å². The lowest BCUT2D eigenvalue weighted by atomic mass is 10.1. The molecule has 1 aliphatic rings. The molecular formula is C13H24N2O2. The van der Waals surface area contributed by atoms with Crippen LogP contribution in [0.2, 0.25) is 0 Å². The molecule has 1 atom stereocenters. The maximum atomic E-state index is 12.0. The van der Waals surface area contributed by atoms with Crippen LogP contribution in [0.4, 0.5) is 0 Å². The van der Waals surface area contributed by atoms with E-state index in [0.717, 1.165) is 12.8 Å². The third-order valence-corrected chi connectivity index (χ3v) is 3.48. The van der Waals surface area contributed by atoms with E-state index in [9.17, 15) is 9.59 Å². The molecule has 1 aliphatic heterocycles. The van der Waals surface area contributed by atoms with Gasteiger partial charge in [0.05, 0.1) is 5.92 Å². The van der Waals surface area contributed by atoms with Crippen LogP contribution in [0.15, 0.2) is 0 Å². The monoisotopic (exact) mass is 240 g/mol. The molecule has 1 heterocycles. The molecule has 0 bridgehead atoms. The van der Waals surface area contributed by atoms with Crippen molar-refractivity contribution < 1.29 is 9.59 Å². The highest BCUT2D eigenvalue weighted by molar-refractivity contribution is 5.89. The molecule has 17 heavy (non-hydrogen) atoms. The van der Waals surface area contributed by atoms with Gasteiger partial charge in [0.1, 0.15) is 0 Å². The van der Waals surface area contributed by atoms with Crippen molar-refractivity contribution in [2.75, 3.05) is 6.54 Å². The summed E-state index contributed by atoms with van der Waals surface area (Å²) in [7, 11) is 0. The molecule has 1 saturated heterocycles. The van der Waals surface area contributed by atoms with Crippen molar-refractivity contribution in [2.24, 2.45) is 5.92 Å². The molecule has 4 nitrogen and oxygen atoms in total. The summed E-state index contributed by atoms with van der Waals surface area (Å²) in [5.74, 6) is -0.0228. The molecule has 0 aliphatic carbocycles. The van der Waals surface area contributed by atoms with Gasteiger partial charge in [0.15, 0.2) is 0 Å². The average Bonchev–Trinajstić information content (AvgIpc) is 2.68. The molecule has 0 saturated carbocycles. The Balaban J connectivity index is 2.52. The van der Waals surface area contributed by atoms with E-state index in [-0.39, 0.29) is 29.8 Å². The zero-order chi connectivity index (χ0) is 13.0. The quantitative estimate of drug-likeness (QED) is 0.792. The zero-order valence-corrected chi connectivity index (χ0v) is 11.3. The molecule has 0 aromatic rings. The van der Waals surface area contributed by atoms with E-state index in [0.29, 0.717) is 13.0 Å². The minimum absolute atomic E-state index is 0.0372. The molecule has 98 valence electrons. The Morgan fingerprint density at radius 1 is 1.41 bits per heavy atom. The van der Waals surface area contributed by atoms with Gasteiger partial charge in [0.25, 0.3) is 0 Å². The summed E-state index contributed by atoms with van der Waals surface area (Å²) in [5, 5.41) is 3.02. The van der Waals surface area contributed by atoms with Gasteiger partial charge in [-0.25, -0.2) is 0 Å². The SMILES string of the molecule is CCC(CC)NC(=O)[C@H]1CC(=O)N(C(C)C)C1. The lowest BCUT2D eigenvalue weighted by molar-refractivity contribution is -0.130. The molecule has 2 amide bonds. The first-order chi connectivity index (χ1) is 7.99. The second-order valence-electron chi connectivity index (χ2n) is 5.06. The summed E-state index contributed by atoms with van der Waals surface area (Å²) in [6, 6.07) is 0.430. The summed E-state index contributed by atoms with van der Waals surface area (Å²) >= 11 is 0. The number of amides is 2. The molecule has 0 spiro atoms. The normalized spacial score (nSPS) is 20.5.